The minimum atomic E-state index is -0.231. The van der Waals surface area contributed by atoms with Crippen LogP contribution < -0.4 is 20.7 Å². The van der Waals surface area contributed by atoms with Gasteiger partial charge in [-0.15, -0.1) is 0 Å². The van der Waals surface area contributed by atoms with E-state index in [1.807, 2.05) is 61.5 Å². The molecule has 7 nitrogen and oxygen atoms in total. The molecule has 0 saturated heterocycles. The Balaban J connectivity index is 1.40. The van der Waals surface area contributed by atoms with Gasteiger partial charge >= 0.3 is 6.03 Å². The number of nitrogens with one attached hydrogen (secondary N) is 3. The summed E-state index contributed by atoms with van der Waals surface area (Å²) in [6.45, 7) is 3.48. The van der Waals surface area contributed by atoms with Crippen molar-refractivity contribution in [1.29, 1.82) is 0 Å². The van der Waals surface area contributed by atoms with Crippen molar-refractivity contribution < 1.29 is 14.3 Å². The zero-order valence-corrected chi connectivity index (χ0v) is 18.1. The summed E-state index contributed by atoms with van der Waals surface area (Å²) >= 11 is 0. The number of pyridine rings is 1. The average Bonchev–Trinajstić information content (AvgIpc) is 2.82. The number of urea groups is 1. The number of aromatic nitrogens is 1. The molecule has 2 aromatic carbocycles. The highest BCUT2D eigenvalue weighted by molar-refractivity contribution is 5.89. The van der Waals surface area contributed by atoms with Crippen molar-refractivity contribution in [2.45, 2.75) is 32.9 Å². The average molecular weight is 433 g/mol. The third kappa shape index (κ3) is 7.75. The van der Waals surface area contributed by atoms with Crippen LogP contribution in [0.5, 0.6) is 5.75 Å². The van der Waals surface area contributed by atoms with Crippen LogP contribution >= 0.6 is 0 Å². The lowest BCUT2D eigenvalue weighted by Crippen LogP contribution is -2.29. The highest BCUT2D eigenvalue weighted by atomic mass is 16.5. The van der Waals surface area contributed by atoms with Crippen molar-refractivity contribution in [1.82, 2.24) is 15.6 Å². The van der Waals surface area contributed by atoms with Crippen LogP contribution in [0.4, 0.5) is 10.5 Å². The predicted octanol–water partition coefficient (Wildman–Crippen LogP) is 4.05. The highest BCUT2D eigenvalue weighted by Gasteiger charge is 2.05. The zero-order valence-electron chi connectivity index (χ0n) is 18.1. The molecule has 3 aromatic rings. The Morgan fingerprint density at radius 1 is 0.906 bits per heavy atom. The summed E-state index contributed by atoms with van der Waals surface area (Å²) in [6, 6.07) is 20.4. The first-order chi connectivity index (χ1) is 15.6. The van der Waals surface area contributed by atoms with Crippen LogP contribution in [0.3, 0.4) is 0 Å². The molecule has 0 aliphatic rings. The van der Waals surface area contributed by atoms with Crippen LogP contribution in [0.2, 0.25) is 0 Å². The largest absolute Gasteiger partial charge is 0.487 e. The van der Waals surface area contributed by atoms with Crippen LogP contribution in [0.25, 0.3) is 0 Å². The summed E-state index contributed by atoms with van der Waals surface area (Å²) in [4.78, 5) is 28.2. The second kappa shape index (κ2) is 12.1. The van der Waals surface area contributed by atoms with E-state index in [2.05, 4.69) is 20.9 Å². The Bertz CT molecular complexity index is 990. The molecule has 1 aromatic heterocycles. The van der Waals surface area contributed by atoms with E-state index < -0.39 is 0 Å². The summed E-state index contributed by atoms with van der Waals surface area (Å²) in [5.41, 5.74) is 3.42. The normalized spacial score (nSPS) is 10.3. The first kappa shape index (κ1) is 22.8. The predicted molar refractivity (Wildman–Crippen MR) is 124 cm³/mol. The number of carbonyl (C=O) groups excluding carboxylic acids is 2. The van der Waals surface area contributed by atoms with Crippen molar-refractivity contribution in [3.8, 4) is 5.75 Å². The first-order valence-corrected chi connectivity index (χ1v) is 10.6. The number of benzene rings is 2. The number of ether oxygens (including phenoxy) is 1. The molecule has 7 heteroatoms. The van der Waals surface area contributed by atoms with E-state index in [9.17, 15) is 9.59 Å². The van der Waals surface area contributed by atoms with Crippen LogP contribution in [0, 0.1) is 0 Å². The summed E-state index contributed by atoms with van der Waals surface area (Å²) in [5, 5.41) is 8.44. The van der Waals surface area contributed by atoms with Gasteiger partial charge < -0.3 is 20.7 Å². The molecule has 166 valence electrons. The number of anilines is 1. The molecule has 0 saturated carbocycles. The molecular formula is C25H28N4O3. The van der Waals surface area contributed by atoms with Crippen molar-refractivity contribution in [2.75, 3.05) is 11.9 Å². The van der Waals surface area contributed by atoms with Crippen LogP contribution in [0.1, 0.15) is 30.2 Å². The van der Waals surface area contributed by atoms with Gasteiger partial charge in [0.2, 0.25) is 5.91 Å². The molecule has 3 rings (SSSR count). The number of hydrogen-bond donors (Lipinski definition) is 3. The summed E-state index contributed by atoms with van der Waals surface area (Å²) in [6.07, 6.45) is 2.89. The van der Waals surface area contributed by atoms with Gasteiger partial charge in [0.1, 0.15) is 12.4 Å². The Morgan fingerprint density at radius 2 is 1.66 bits per heavy atom. The Morgan fingerprint density at radius 3 is 2.34 bits per heavy atom. The molecule has 0 bridgehead atoms. The minimum Gasteiger partial charge on any atom is -0.487 e. The second-order valence-electron chi connectivity index (χ2n) is 7.29. The molecule has 32 heavy (non-hydrogen) atoms. The standard InChI is InChI=1S/C25H28N4O3/c1-2-14-27-25(31)29-21-10-6-19(7-11-21)16-24(30)28-17-20-8-12-23(13-9-20)32-18-22-5-3-4-15-26-22/h3-13,15H,2,14,16-18H2,1H3,(H,28,30)(H2,27,29,31). The Hall–Kier alpha value is -3.87. The van der Waals surface area contributed by atoms with E-state index in [1.54, 1.807) is 18.3 Å². The number of carbonyl (C=O) groups is 2. The van der Waals surface area contributed by atoms with Crippen molar-refractivity contribution in [3.05, 3.63) is 89.7 Å². The van der Waals surface area contributed by atoms with E-state index in [1.165, 1.54) is 0 Å². The summed E-state index contributed by atoms with van der Waals surface area (Å²) in [7, 11) is 0. The topological polar surface area (TPSA) is 92.4 Å². The quantitative estimate of drug-likeness (QED) is 0.451. The van der Waals surface area contributed by atoms with Gasteiger partial charge in [-0.05, 0) is 53.9 Å². The molecule has 1 heterocycles. The van der Waals surface area contributed by atoms with Gasteiger partial charge in [-0.2, -0.15) is 0 Å². The maximum Gasteiger partial charge on any atom is 0.319 e. The number of nitrogens with zero attached hydrogens (tertiary/aromatic N) is 1. The number of hydrogen-bond acceptors (Lipinski definition) is 4. The van der Waals surface area contributed by atoms with Crippen molar-refractivity contribution in [3.63, 3.8) is 0 Å². The van der Waals surface area contributed by atoms with Gasteiger partial charge in [-0.1, -0.05) is 37.3 Å². The molecule has 0 atom stereocenters. The molecule has 0 aliphatic heterocycles. The maximum atomic E-state index is 12.3. The number of amides is 3. The van der Waals surface area contributed by atoms with Crippen LogP contribution in [0.15, 0.2) is 72.9 Å². The Kier molecular flexibility index (Phi) is 8.62. The van der Waals surface area contributed by atoms with E-state index in [-0.39, 0.29) is 18.4 Å². The zero-order chi connectivity index (χ0) is 22.6. The fraction of sp³-hybridized carbons (Fsp3) is 0.240. The van der Waals surface area contributed by atoms with Crippen LogP contribution in [-0.2, 0) is 24.4 Å². The fourth-order valence-corrected chi connectivity index (χ4v) is 2.91. The first-order valence-electron chi connectivity index (χ1n) is 10.6. The monoisotopic (exact) mass is 432 g/mol. The van der Waals surface area contributed by atoms with Gasteiger partial charge in [-0.3, -0.25) is 9.78 Å². The minimum absolute atomic E-state index is 0.0677. The highest BCUT2D eigenvalue weighted by Crippen LogP contribution is 2.14. The second-order valence-corrected chi connectivity index (χ2v) is 7.29. The lowest BCUT2D eigenvalue weighted by atomic mass is 10.1. The van der Waals surface area contributed by atoms with Gasteiger partial charge in [0.25, 0.3) is 0 Å². The molecule has 0 fully saturated rings. The molecule has 0 radical (unpaired) electrons. The van der Waals surface area contributed by atoms with E-state index in [4.69, 9.17) is 4.74 Å². The molecule has 0 aliphatic carbocycles. The third-order valence-electron chi connectivity index (χ3n) is 4.64. The maximum absolute atomic E-state index is 12.3. The Labute approximate surface area is 188 Å². The van der Waals surface area contributed by atoms with Gasteiger partial charge in [-0.25, -0.2) is 4.79 Å². The lowest BCUT2D eigenvalue weighted by Gasteiger charge is -2.09. The summed E-state index contributed by atoms with van der Waals surface area (Å²) in [5.74, 6) is 0.685. The van der Waals surface area contributed by atoms with Crippen molar-refractivity contribution >= 4 is 17.6 Å². The molecule has 0 spiro atoms. The van der Waals surface area contributed by atoms with E-state index >= 15 is 0 Å². The van der Waals surface area contributed by atoms with Crippen LogP contribution in [-0.4, -0.2) is 23.5 Å². The van der Waals surface area contributed by atoms with Gasteiger partial charge in [0.15, 0.2) is 0 Å². The third-order valence-corrected chi connectivity index (χ3v) is 4.64. The molecular weight excluding hydrogens is 404 g/mol. The fourth-order valence-electron chi connectivity index (χ4n) is 2.91. The molecule has 3 amide bonds. The lowest BCUT2D eigenvalue weighted by molar-refractivity contribution is -0.120. The number of rotatable bonds is 10. The van der Waals surface area contributed by atoms with Gasteiger partial charge in [0, 0.05) is 25.0 Å². The SMILES string of the molecule is CCCNC(=O)Nc1ccc(CC(=O)NCc2ccc(OCc3ccccn3)cc2)cc1. The molecule has 3 N–H and O–H groups in total. The smallest absolute Gasteiger partial charge is 0.319 e. The van der Waals surface area contributed by atoms with Gasteiger partial charge in [0.05, 0.1) is 12.1 Å². The van der Waals surface area contributed by atoms with E-state index in [0.29, 0.717) is 25.4 Å². The van der Waals surface area contributed by atoms with E-state index in [0.717, 1.165) is 29.0 Å². The summed E-state index contributed by atoms with van der Waals surface area (Å²) < 4.78 is 5.72. The van der Waals surface area contributed by atoms with Crippen molar-refractivity contribution in [2.24, 2.45) is 0 Å². The molecule has 0 unspecified atom stereocenters.